The summed E-state index contributed by atoms with van der Waals surface area (Å²) in [6.45, 7) is -0.137. The van der Waals surface area contributed by atoms with Crippen molar-refractivity contribution in [2.45, 2.75) is 25.3 Å². The Kier molecular flexibility index (Phi) is 4.62. The van der Waals surface area contributed by atoms with Gasteiger partial charge in [0.2, 0.25) is 5.91 Å². The molecule has 0 spiro atoms. The van der Waals surface area contributed by atoms with Crippen molar-refractivity contribution in [2.75, 3.05) is 13.6 Å². The SMILES string of the molecule is CN(CC(=O)NC1CCCC1C(=O)O)C(=O)c1ccco1. The van der Waals surface area contributed by atoms with Gasteiger partial charge in [-0.2, -0.15) is 0 Å². The van der Waals surface area contributed by atoms with Crippen molar-refractivity contribution in [1.29, 1.82) is 0 Å². The van der Waals surface area contributed by atoms with Gasteiger partial charge in [-0.1, -0.05) is 6.42 Å². The van der Waals surface area contributed by atoms with Gasteiger partial charge in [0, 0.05) is 13.1 Å². The van der Waals surface area contributed by atoms with Crippen LogP contribution in [0.15, 0.2) is 22.8 Å². The summed E-state index contributed by atoms with van der Waals surface area (Å²) in [6.07, 6.45) is 3.39. The molecule has 0 aromatic carbocycles. The fraction of sp³-hybridized carbons (Fsp3) is 0.500. The highest BCUT2D eigenvalue weighted by Gasteiger charge is 2.34. The first-order chi connectivity index (χ1) is 9.99. The summed E-state index contributed by atoms with van der Waals surface area (Å²) in [6, 6.07) is 2.76. The molecule has 1 aromatic heterocycles. The molecule has 1 saturated carbocycles. The van der Waals surface area contributed by atoms with Gasteiger partial charge >= 0.3 is 5.97 Å². The Morgan fingerprint density at radius 3 is 2.81 bits per heavy atom. The van der Waals surface area contributed by atoms with Crippen LogP contribution in [0.3, 0.4) is 0 Å². The van der Waals surface area contributed by atoms with Gasteiger partial charge in [-0.3, -0.25) is 14.4 Å². The highest BCUT2D eigenvalue weighted by atomic mass is 16.4. The molecule has 7 heteroatoms. The third kappa shape index (κ3) is 3.62. The molecule has 2 N–H and O–H groups in total. The number of amides is 2. The Hall–Kier alpha value is -2.31. The van der Waals surface area contributed by atoms with Crippen molar-refractivity contribution in [3.05, 3.63) is 24.2 Å². The largest absolute Gasteiger partial charge is 0.481 e. The first kappa shape index (κ1) is 15.1. The zero-order valence-corrected chi connectivity index (χ0v) is 11.7. The number of nitrogens with zero attached hydrogens (tertiary/aromatic N) is 1. The predicted molar refractivity (Wildman–Crippen MR) is 72.6 cm³/mol. The van der Waals surface area contributed by atoms with Crippen LogP contribution in [0.5, 0.6) is 0 Å². The molecule has 2 rings (SSSR count). The van der Waals surface area contributed by atoms with E-state index in [0.29, 0.717) is 12.8 Å². The van der Waals surface area contributed by atoms with Gasteiger partial charge in [0.15, 0.2) is 5.76 Å². The average Bonchev–Trinajstić information content (AvgIpc) is 3.08. The molecule has 1 fully saturated rings. The lowest BCUT2D eigenvalue weighted by Crippen LogP contribution is -2.45. The van der Waals surface area contributed by atoms with Crippen LogP contribution in [0.25, 0.3) is 0 Å². The van der Waals surface area contributed by atoms with E-state index in [4.69, 9.17) is 9.52 Å². The van der Waals surface area contributed by atoms with E-state index in [2.05, 4.69) is 5.32 Å². The molecular formula is C14H18N2O5. The van der Waals surface area contributed by atoms with E-state index in [-0.39, 0.29) is 24.3 Å². The molecule has 0 aliphatic heterocycles. The third-order valence-corrected chi connectivity index (χ3v) is 3.64. The summed E-state index contributed by atoms with van der Waals surface area (Å²) in [4.78, 5) is 36.1. The monoisotopic (exact) mass is 294 g/mol. The summed E-state index contributed by atoms with van der Waals surface area (Å²) in [7, 11) is 1.49. The number of aliphatic carboxylic acids is 1. The number of likely N-dealkylation sites (N-methyl/N-ethyl adjacent to an activating group) is 1. The maximum atomic E-state index is 11.9. The van der Waals surface area contributed by atoms with E-state index in [1.54, 1.807) is 6.07 Å². The molecule has 114 valence electrons. The highest BCUT2D eigenvalue weighted by molar-refractivity contribution is 5.94. The molecule has 2 amide bonds. The van der Waals surface area contributed by atoms with Crippen molar-refractivity contribution < 1.29 is 23.9 Å². The number of nitrogens with one attached hydrogen (secondary N) is 1. The minimum Gasteiger partial charge on any atom is -0.481 e. The molecule has 2 unspecified atom stereocenters. The summed E-state index contributed by atoms with van der Waals surface area (Å²) >= 11 is 0. The summed E-state index contributed by atoms with van der Waals surface area (Å²) < 4.78 is 4.98. The van der Waals surface area contributed by atoms with Crippen molar-refractivity contribution in [1.82, 2.24) is 10.2 Å². The molecule has 2 atom stereocenters. The second-order valence-corrected chi connectivity index (χ2v) is 5.19. The Morgan fingerprint density at radius 2 is 2.19 bits per heavy atom. The van der Waals surface area contributed by atoms with E-state index in [1.165, 1.54) is 24.3 Å². The number of hydrogen-bond donors (Lipinski definition) is 2. The van der Waals surface area contributed by atoms with Gasteiger partial charge in [0.1, 0.15) is 0 Å². The summed E-state index contributed by atoms with van der Waals surface area (Å²) in [5.74, 6) is -2.03. The van der Waals surface area contributed by atoms with Crippen molar-refractivity contribution in [2.24, 2.45) is 5.92 Å². The first-order valence-electron chi connectivity index (χ1n) is 6.80. The Morgan fingerprint density at radius 1 is 1.43 bits per heavy atom. The van der Waals surface area contributed by atoms with Crippen LogP contribution >= 0.6 is 0 Å². The van der Waals surface area contributed by atoms with Crippen LogP contribution in [0, 0.1) is 5.92 Å². The van der Waals surface area contributed by atoms with Crippen LogP contribution < -0.4 is 5.32 Å². The molecule has 1 aliphatic carbocycles. The summed E-state index contributed by atoms with van der Waals surface area (Å²) in [5.41, 5.74) is 0. The second kappa shape index (κ2) is 6.43. The van der Waals surface area contributed by atoms with Crippen LogP contribution in [-0.2, 0) is 9.59 Å². The number of hydrogen-bond acceptors (Lipinski definition) is 4. The molecular weight excluding hydrogens is 276 g/mol. The Labute approximate surface area is 121 Å². The van der Waals surface area contributed by atoms with E-state index in [1.807, 2.05) is 0 Å². The smallest absolute Gasteiger partial charge is 0.308 e. The number of carboxylic acid groups (broad SMARTS) is 1. The van der Waals surface area contributed by atoms with Crippen LogP contribution in [-0.4, -0.2) is 47.4 Å². The average molecular weight is 294 g/mol. The van der Waals surface area contributed by atoms with Crippen LogP contribution in [0.4, 0.5) is 0 Å². The van der Waals surface area contributed by atoms with E-state index < -0.39 is 17.8 Å². The van der Waals surface area contributed by atoms with Crippen molar-refractivity contribution in [3.63, 3.8) is 0 Å². The topological polar surface area (TPSA) is 99.9 Å². The van der Waals surface area contributed by atoms with E-state index in [9.17, 15) is 14.4 Å². The number of rotatable bonds is 5. The van der Waals surface area contributed by atoms with Gasteiger partial charge < -0.3 is 19.7 Å². The quantitative estimate of drug-likeness (QED) is 0.833. The fourth-order valence-electron chi connectivity index (χ4n) is 2.56. The van der Waals surface area contributed by atoms with Crippen molar-refractivity contribution >= 4 is 17.8 Å². The number of carbonyl (C=O) groups excluding carboxylic acids is 2. The van der Waals surface area contributed by atoms with Gasteiger partial charge in [-0.25, -0.2) is 0 Å². The molecule has 21 heavy (non-hydrogen) atoms. The number of carbonyl (C=O) groups is 3. The van der Waals surface area contributed by atoms with Gasteiger partial charge in [0.05, 0.1) is 18.7 Å². The molecule has 0 saturated heterocycles. The predicted octanol–water partition coefficient (Wildman–Crippen LogP) is 0.721. The van der Waals surface area contributed by atoms with Gasteiger partial charge in [-0.15, -0.1) is 0 Å². The molecule has 1 heterocycles. The minimum absolute atomic E-state index is 0.137. The molecule has 0 radical (unpaired) electrons. The summed E-state index contributed by atoms with van der Waals surface area (Å²) in [5, 5.41) is 11.8. The van der Waals surface area contributed by atoms with Gasteiger partial charge in [-0.05, 0) is 25.0 Å². The van der Waals surface area contributed by atoms with Gasteiger partial charge in [0.25, 0.3) is 5.91 Å². The van der Waals surface area contributed by atoms with E-state index in [0.717, 1.165) is 6.42 Å². The minimum atomic E-state index is -0.891. The fourth-order valence-corrected chi connectivity index (χ4v) is 2.56. The lowest BCUT2D eigenvalue weighted by atomic mass is 10.0. The molecule has 1 aliphatic rings. The lowest BCUT2D eigenvalue weighted by molar-refractivity contribution is -0.142. The van der Waals surface area contributed by atoms with E-state index >= 15 is 0 Å². The van der Waals surface area contributed by atoms with Crippen molar-refractivity contribution in [3.8, 4) is 0 Å². The number of furan rings is 1. The molecule has 1 aromatic rings. The standard InChI is InChI=1S/C14H18N2O5/c1-16(13(18)11-6-3-7-21-11)8-12(17)15-10-5-2-4-9(10)14(19)20/h3,6-7,9-10H,2,4-5,8H2,1H3,(H,15,17)(H,19,20). The second-order valence-electron chi connectivity index (χ2n) is 5.19. The first-order valence-corrected chi connectivity index (χ1v) is 6.80. The maximum Gasteiger partial charge on any atom is 0.308 e. The highest BCUT2D eigenvalue weighted by Crippen LogP contribution is 2.25. The zero-order valence-electron chi connectivity index (χ0n) is 11.7. The normalized spacial score (nSPS) is 21.0. The lowest BCUT2D eigenvalue weighted by Gasteiger charge is -2.20. The van der Waals surface area contributed by atoms with Crippen LogP contribution in [0.2, 0.25) is 0 Å². The molecule has 7 nitrogen and oxygen atoms in total. The Bertz CT molecular complexity index is 525. The van der Waals surface area contributed by atoms with Crippen LogP contribution in [0.1, 0.15) is 29.8 Å². The zero-order chi connectivity index (χ0) is 15.4. The Balaban J connectivity index is 1.87. The maximum absolute atomic E-state index is 11.9. The third-order valence-electron chi connectivity index (χ3n) is 3.64. The molecule has 0 bridgehead atoms. The number of carboxylic acids is 1.